The fourth-order valence-electron chi connectivity index (χ4n) is 9.49. The number of ether oxygens (including phenoxy) is 2. The minimum absolute atomic E-state index is 0. The van der Waals surface area contributed by atoms with Gasteiger partial charge in [-0.3, -0.25) is 9.59 Å². The van der Waals surface area contributed by atoms with Crippen molar-refractivity contribution >= 4 is 34.8 Å². The number of H-pyrrole nitrogens is 2. The number of hydrogen-bond donors (Lipinski definition) is 4. The number of nitrogens with zero attached hydrogens (tertiary/aromatic N) is 4. The highest BCUT2D eigenvalue weighted by Crippen LogP contribution is 2.40. The molecule has 330 valence electrons. The van der Waals surface area contributed by atoms with Crippen molar-refractivity contribution in [2.45, 2.75) is 76.5 Å². The van der Waals surface area contributed by atoms with Crippen molar-refractivity contribution in [2.24, 2.45) is 5.92 Å². The summed E-state index contributed by atoms with van der Waals surface area (Å²) in [6, 6.07) is 26.7. The number of nitrogens with one attached hydrogen (secondary N) is 4. The number of fused-ring (bicyclic) bond motifs is 4. The van der Waals surface area contributed by atoms with Gasteiger partial charge in [0, 0.05) is 34.2 Å². The number of aryl methyl sites for hydroxylation is 2. The molecule has 4 heterocycles. The van der Waals surface area contributed by atoms with Crippen LogP contribution in [0.2, 0.25) is 0 Å². The Morgan fingerprint density at radius 3 is 2.08 bits per heavy atom. The van der Waals surface area contributed by atoms with Crippen LogP contribution in [0, 0.1) is 5.92 Å². The summed E-state index contributed by atoms with van der Waals surface area (Å²) in [6.07, 6.45) is 5.46. The summed E-state index contributed by atoms with van der Waals surface area (Å²) in [5.41, 5.74) is 9.15. The molecule has 63 heavy (non-hydrogen) atoms. The Hall–Kier alpha value is -6.96. The largest absolute Gasteiger partial charge is 0.453 e. The van der Waals surface area contributed by atoms with Gasteiger partial charge in [0.25, 0.3) is 5.91 Å². The molecule has 14 nitrogen and oxygen atoms in total. The second-order valence-electron chi connectivity index (χ2n) is 17.0. The molecule has 0 saturated carbocycles. The number of rotatable bonds is 10. The van der Waals surface area contributed by atoms with Gasteiger partial charge in [0.15, 0.2) is 0 Å². The summed E-state index contributed by atoms with van der Waals surface area (Å²) in [7, 11) is 2.59. The fraction of sp³-hybridized carbons (Fsp3) is 0.347. The van der Waals surface area contributed by atoms with Crippen LogP contribution in [0.4, 0.5) is 9.59 Å². The lowest BCUT2D eigenvalue weighted by atomic mass is 9.89. The van der Waals surface area contributed by atoms with Crippen LogP contribution in [-0.4, -0.2) is 87.1 Å². The van der Waals surface area contributed by atoms with Crippen LogP contribution in [0.15, 0.2) is 91.1 Å². The predicted molar refractivity (Wildman–Crippen MR) is 245 cm³/mol. The zero-order valence-corrected chi connectivity index (χ0v) is 35.9. The molecule has 9 rings (SSSR count). The Morgan fingerprint density at radius 1 is 0.730 bits per heavy atom. The van der Waals surface area contributed by atoms with Gasteiger partial charge in [-0.05, 0) is 89.6 Å². The fourth-order valence-corrected chi connectivity index (χ4v) is 9.49. The van der Waals surface area contributed by atoms with E-state index in [1.807, 2.05) is 60.2 Å². The average molecular weight is 855 g/mol. The van der Waals surface area contributed by atoms with Gasteiger partial charge in [0.1, 0.15) is 23.7 Å². The highest BCUT2D eigenvalue weighted by Gasteiger charge is 2.39. The number of carbonyl (C=O) groups is 4. The van der Waals surface area contributed by atoms with Crippen molar-refractivity contribution in [3.8, 4) is 33.6 Å². The van der Waals surface area contributed by atoms with Crippen LogP contribution < -0.4 is 10.6 Å². The molecule has 0 bridgehead atoms. The van der Waals surface area contributed by atoms with Gasteiger partial charge < -0.3 is 39.9 Å². The molecule has 2 fully saturated rings. The minimum Gasteiger partial charge on any atom is -0.453 e. The number of imidazole rings is 2. The molecule has 0 spiro atoms. The first-order valence-corrected chi connectivity index (χ1v) is 21.8. The first-order chi connectivity index (χ1) is 30.6. The van der Waals surface area contributed by atoms with Gasteiger partial charge in [-0.1, -0.05) is 86.6 Å². The lowest BCUT2D eigenvalue weighted by Gasteiger charge is -2.30. The Morgan fingerprint density at radius 2 is 1.37 bits per heavy atom. The minimum atomic E-state index is -0.874. The van der Waals surface area contributed by atoms with Gasteiger partial charge in [0.2, 0.25) is 5.91 Å². The van der Waals surface area contributed by atoms with E-state index in [1.54, 1.807) is 0 Å². The summed E-state index contributed by atoms with van der Waals surface area (Å²) < 4.78 is 9.65. The lowest BCUT2D eigenvalue weighted by Crippen LogP contribution is -2.51. The van der Waals surface area contributed by atoms with Crippen molar-refractivity contribution < 1.29 is 32.9 Å². The molecule has 4 aromatic carbocycles. The molecular weight excluding hydrogens is 797 g/mol. The molecule has 2 saturated heterocycles. The normalized spacial score (nSPS) is 17.9. The van der Waals surface area contributed by atoms with Gasteiger partial charge in [-0.25, -0.2) is 19.6 Å². The highest BCUT2D eigenvalue weighted by atomic mass is 16.5. The summed E-state index contributed by atoms with van der Waals surface area (Å²) in [5.74, 6) is 1.07. The second kappa shape index (κ2) is 17.4. The SMILES string of the molecule is COC(=O)N[C@H](C(=O)N1CCC[C@H]1c1ncc(-c2ccc3cc(-c4ccc5c(c4)CCc4[nH]c([C@@H]6CCCN6C(=O)[C@H](NC(=O)OC)c6ccccc6)nc4-5)ccc3c2)[nH]1)C(C)C.[HH].[HH].[HH]. The smallest absolute Gasteiger partial charge is 0.407 e. The van der Waals surface area contributed by atoms with E-state index in [4.69, 9.17) is 19.4 Å². The van der Waals surface area contributed by atoms with Crippen LogP contribution in [-0.2, 0) is 31.9 Å². The zero-order chi connectivity index (χ0) is 43.8. The standard InChI is InChI=1S/C49H52N8O6.3H2/c1-28(2)41(54-48(60)62-3)46(58)56-22-8-12-39(56)44-50-27-38(52-44)35-17-16-31-24-30(14-15-32(31)26-35)33-18-20-36-34(25-33)19-21-37-43(36)53-45(51-37)40-13-9-23-57(40)47(59)42(55-49(61)63-4)29-10-6-5-7-11-29;;;/h5-7,10-11,14-18,20,24-28,39-42H,8-9,12-13,19,21-23H2,1-4H3,(H,50,52)(H,51,53)(H,54,60)(H,55,61);3*1H/t39-,40-,41-,42+;;;/m0.../s1. The van der Waals surface area contributed by atoms with Crippen molar-refractivity contribution in [3.05, 3.63) is 120 Å². The number of benzene rings is 4. The number of hydrogen-bond acceptors (Lipinski definition) is 8. The molecule has 4 amide bonds. The monoisotopic (exact) mass is 854 g/mol. The molecular formula is C49H58N8O6. The maximum atomic E-state index is 14.1. The van der Waals surface area contributed by atoms with Gasteiger partial charge in [-0.2, -0.15) is 0 Å². The van der Waals surface area contributed by atoms with Gasteiger partial charge in [-0.15, -0.1) is 0 Å². The van der Waals surface area contributed by atoms with Crippen molar-refractivity contribution in [1.82, 2.24) is 40.4 Å². The third kappa shape index (κ3) is 8.13. The van der Waals surface area contributed by atoms with E-state index in [9.17, 15) is 19.2 Å². The van der Waals surface area contributed by atoms with Gasteiger partial charge in [0.05, 0.1) is 43.9 Å². The van der Waals surface area contributed by atoms with Crippen LogP contribution in [0.1, 0.15) is 90.4 Å². The number of aromatic nitrogens is 4. The second-order valence-corrected chi connectivity index (χ2v) is 17.0. The molecule has 4 atom stereocenters. The maximum Gasteiger partial charge on any atom is 0.407 e. The molecule has 4 N–H and O–H groups in total. The quantitative estimate of drug-likeness (QED) is 0.106. The van der Waals surface area contributed by atoms with E-state index < -0.39 is 24.3 Å². The Bertz CT molecular complexity index is 2710. The van der Waals surface area contributed by atoms with E-state index in [-0.39, 0.29) is 34.1 Å². The van der Waals surface area contributed by atoms with Crippen LogP contribution in [0.25, 0.3) is 44.4 Å². The Labute approximate surface area is 370 Å². The first kappa shape index (κ1) is 41.4. The van der Waals surface area contributed by atoms with Crippen molar-refractivity contribution in [2.75, 3.05) is 27.3 Å². The zero-order valence-electron chi connectivity index (χ0n) is 35.9. The number of alkyl carbamates (subject to hydrolysis) is 2. The van der Waals surface area contributed by atoms with Crippen molar-refractivity contribution in [3.63, 3.8) is 0 Å². The van der Waals surface area contributed by atoms with Crippen molar-refractivity contribution in [1.29, 1.82) is 0 Å². The molecule has 6 aromatic rings. The molecule has 0 radical (unpaired) electrons. The lowest BCUT2D eigenvalue weighted by molar-refractivity contribution is -0.135. The Kier molecular flexibility index (Phi) is 11.5. The topological polar surface area (TPSA) is 175 Å². The average Bonchev–Trinajstić information content (AvgIpc) is 4.16. The molecule has 3 aliphatic rings. The highest BCUT2D eigenvalue weighted by molar-refractivity contribution is 5.91. The third-order valence-corrected chi connectivity index (χ3v) is 12.8. The van der Waals surface area contributed by atoms with Gasteiger partial charge >= 0.3 is 12.2 Å². The molecule has 2 aliphatic heterocycles. The third-order valence-electron chi connectivity index (χ3n) is 12.8. The summed E-state index contributed by atoms with van der Waals surface area (Å²) in [4.78, 5) is 72.7. The summed E-state index contributed by atoms with van der Waals surface area (Å²) >= 11 is 0. The maximum absolute atomic E-state index is 14.1. The summed E-state index contributed by atoms with van der Waals surface area (Å²) in [5, 5.41) is 7.67. The number of methoxy groups -OCH3 is 2. The van der Waals surface area contributed by atoms with Crippen LogP contribution in [0.5, 0.6) is 0 Å². The number of carbonyl (C=O) groups excluding carboxylic acids is 4. The number of amides is 4. The first-order valence-electron chi connectivity index (χ1n) is 21.8. The van der Waals surface area contributed by atoms with Crippen LogP contribution in [0.3, 0.4) is 0 Å². The summed E-state index contributed by atoms with van der Waals surface area (Å²) in [6.45, 7) is 4.98. The number of likely N-dealkylation sites (tertiary alicyclic amines) is 2. The van der Waals surface area contributed by atoms with E-state index in [0.717, 1.165) is 100 Å². The van der Waals surface area contributed by atoms with Crippen LogP contribution >= 0.6 is 0 Å². The molecule has 1 aliphatic carbocycles. The van der Waals surface area contributed by atoms with E-state index in [2.05, 4.69) is 75.2 Å². The predicted octanol–water partition coefficient (Wildman–Crippen LogP) is 8.93. The number of aromatic amines is 2. The Balaban J connectivity index is 0.00000240. The van der Waals surface area contributed by atoms with E-state index in [0.29, 0.717) is 18.7 Å². The molecule has 2 aromatic heterocycles. The van der Waals surface area contributed by atoms with E-state index >= 15 is 0 Å². The molecule has 0 unspecified atom stereocenters. The molecule has 14 heteroatoms. The van der Waals surface area contributed by atoms with E-state index in [1.165, 1.54) is 19.8 Å².